The zero-order valence-electron chi connectivity index (χ0n) is 8.06. The van der Waals surface area contributed by atoms with E-state index in [-0.39, 0.29) is 0 Å². The molecule has 0 saturated carbocycles. The summed E-state index contributed by atoms with van der Waals surface area (Å²) in [4.78, 5) is 5.77. The van der Waals surface area contributed by atoms with E-state index in [1.165, 1.54) is 0 Å². The molecule has 0 aliphatic carbocycles. The molecule has 0 fully saturated rings. The Morgan fingerprint density at radius 3 is 2.69 bits per heavy atom. The van der Waals surface area contributed by atoms with Crippen LogP contribution in [0.3, 0.4) is 0 Å². The van der Waals surface area contributed by atoms with Crippen LogP contribution in [0.5, 0.6) is 5.88 Å². The van der Waals surface area contributed by atoms with Crippen LogP contribution in [0.25, 0.3) is 0 Å². The molecule has 1 N–H and O–H groups in total. The molecule has 0 saturated heterocycles. The van der Waals surface area contributed by atoms with E-state index < -0.39 is 6.23 Å². The van der Waals surface area contributed by atoms with Crippen LogP contribution in [0.4, 0.5) is 0 Å². The molecule has 1 aromatic heterocycles. The second-order valence-corrected chi connectivity index (χ2v) is 2.94. The third-order valence-electron chi connectivity index (χ3n) is 1.71. The van der Waals surface area contributed by atoms with Gasteiger partial charge in [-0.2, -0.15) is 0 Å². The molecule has 72 valence electrons. The zero-order valence-corrected chi connectivity index (χ0v) is 8.06. The van der Waals surface area contributed by atoms with Crippen molar-refractivity contribution in [3.8, 4) is 5.88 Å². The molecule has 0 radical (unpaired) electrons. The first kappa shape index (κ1) is 9.95. The van der Waals surface area contributed by atoms with Gasteiger partial charge in [-0.05, 0) is 20.2 Å². The first-order chi connectivity index (χ1) is 6.15. The number of aromatic nitrogens is 1. The molecule has 1 rings (SSSR count). The van der Waals surface area contributed by atoms with Crippen molar-refractivity contribution < 1.29 is 9.84 Å². The number of aliphatic hydroxyl groups excluding tert-OH is 1. The number of ether oxygens (including phenoxy) is 1. The van der Waals surface area contributed by atoms with Crippen LogP contribution in [0.15, 0.2) is 18.2 Å². The van der Waals surface area contributed by atoms with Crippen LogP contribution < -0.4 is 4.74 Å². The quantitative estimate of drug-likeness (QED) is 0.697. The van der Waals surface area contributed by atoms with E-state index in [9.17, 15) is 5.11 Å². The molecule has 13 heavy (non-hydrogen) atoms. The first-order valence-electron chi connectivity index (χ1n) is 4.00. The third kappa shape index (κ3) is 2.40. The molecule has 4 heteroatoms. The number of aliphatic hydroxyl groups is 1. The minimum absolute atomic E-state index is 0.512. The van der Waals surface area contributed by atoms with E-state index in [1.807, 2.05) is 0 Å². The molecular weight excluding hydrogens is 168 g/mol. The highest BCUT2D eigenvalue weighted by Crippen LogP contribution is 2.15. The monoisotopic (exact) mass is 182 g/mol. The van der Waals surface area contributed by atoms with Gasteiger partial charge in [-0.25, -0.2) is 4.98 Å². The smallest absolute Gasteiger partial charge is 0.213 e. The highest BCUT2D eigenvalue weighted by Gasteiger charge is 2.11. The van der Waals surface area contributed by atoms with Gasteiger partial charge in [-0.15, -0.1) is 0 Å². The van der Waals surface area contributed by atoms with Gasteiger partial charge in [0, 0.05) is 6.07 Å². The Hall–Kier alpha value is -1.13. The minimum Gasteiger partial charge on any atom is -0.481 e. The van der Waals surface area contributed by atoms with Gasteiger partial charge in [0.1, 0.15) is 6.23 Å². The Morgan fingerprint density at radius 1 is 1.46 bits per heavy atom. The van der Waals surface area contributed by atoms with E-state index in [4.69, 9.17) is 4.74 Å². The average molecular weight is 182 g/mol. The average Bonchev–Trinajstić information content (AvgIpc) is 2.16. The van der Waals surface area contributed by atoms with Gasteiger partial charge >= 0.3 is 0 Å². The van der Waals surface area contributed by atoms with Crippen LogP contribution in [0, 0.1) is 0 Å². The maximum absolute atomic E-state index is 9.63. The number of rotatable bonds is 3. The van der Waals surface area contributed by atoms with E-state index in [1.54, 1.807) is 44.3 Å². The summed E-state index contributed by atoms with van der Waals surface area (Å²) < 4.78 is 4.94. The molecular formula is C9H14N2O2. The number of nitrogens with zero attached hydrogens (tertiary/aromatic N) is 2. The van der Waals surface area contributed by atoms with Crippen molar-refractivity contribution in [2.45, 2.75) is 6.23 Å². The van der Waals surface area contributed by atoms with Gasteiger partial charge in [0.25, 0.3) is 0 Å². The van der Waals surface area contributed by atoms with Crippen molar-refractivity contribution in [1.82, 2.24) is 9.88 Å². The topological polar surface area (TPSA) is 45.6 Å². The fraction of sp³-hybridized carbons (Fsp3) is 0.444. The van der Waals surface area contributed by atoms with E-state index >= 15 is 0 Å². The molecule has 1 atom stereocenters. The van der Waals surface area contributed by atoms with Gasteiger partial charge in [-0.3, -0.25) is 4.90 Å². The van der Waals surface area contributed by atoms with Crippen LogP contribution >= 0.6 is 0 Å². The van der Waals surface area contributed by atoms with Gasteiger partial charge in [0.05, 0.1) is 12.8 Å². The highest BCUT2D eigenvalue weighted by molar-refractivity contribution is 5.16. The molecule has 0 bridgehead atoms. The summed E-state index contributed by atoms with van der Waals surface area (Å²) >= 11 is 0. The molecule has 0 aromatic carbocycles. The zero-order chi connectivity index (χ0) is 9.84. The predicted octanol–water partition coefficient (Wildman–Crippen LogP) is 0.643. The molecule has 1 aromatic rings. The third-order valence-corrected chi connectivity index (χ3v) is 1.71. The van der Waals surface area contributed by atoms with E-state index in [0.717, 1.165) is 0 Å². The summed E-state index contributed by atoms with van der Waals surface area (Å²) in [7, 11) is 5.12. The lowest BCUT2D eigenvalue weighted by Gasteiger charge is -2.17. The molecule has 1 heterocycles. The lowest BCUT2D eigenvalue weighted by Crippen LogP contribution is -2.20. The summed E-state index contributed by atoms with van der Waals surface area (Å²) in [6, 6.07) is 5.30. The molecule has 1 unspecified atom stereocenters. The van der Waals surface area contributed by atoms with Crippen LogP contribution in [0.1, 0.15) is 11.9 Å². The van der Waals surface area contributed by atoms with Gasteiger partial charge < -0.3 is 9.84 Å². The maximum atomic E-state index is 9.63. The number of methoxy groups -OCH3 is 1. The fourth-order valence-electron chi connectivity index (χ4n) is 0.953. The summed E-state index contributed by atoms with van der Waals surface area (Å²) in [6.45, 7) is 0. The second-order valence-electron chi connectivity index (χ2n) is 2.94. The lowest BCUT2D eigenvalue weighted by atomic mass is 10.3. The summed E-state index contributed by atoms with van der Waals surface area (Å²) in [5.74, 6) is 0.512. The van der Waals surface area contributed by atoms with Gasteiger partial charge in [0.15, 0.2) is 0 Å². The SMILES string of the molecule is COc1cccc(C(O)N(C)C)n1. The standard InChI is InChI=1S/C9H14N2O2/c1-11(2)9(12)7-5-4-6-8(10-7)13-3/h4-6,9,12H,1-3H3. The first-order valence-corrected chi connectivity index (χ1v) is 4.00. The normalized spacial score (nSPS) is 13.0. The van der Waals surface area contributed by atoms with Crippen molar-refractivity contribution in [2.24, 2.45) is 0 Å². The number of hydrogen-bond acceptors (Lipinski definition) is 4. The predicted molar refractivity (Wildman–Crippen MR) is 49.4 cm³/mol. The van der Waals surface area contributed by atoms with Crippen LogP contribution in [0.2, 0.25) is 0 Å². The molecule has 4 nitrogen and oxygen atoms in total. The van der Waals surface area contributed by atoms with Gasteiger partial charge in [0.2, 0.25) is 5.88 Å². The van der Waals surface area contributed by atoms with Gasteiger partial charge in [-0.1, -0.05) is 6.07 Å². The maximum Gasteiger partial charge on any atom is 0.213 e. The van der Waals surface area contributed by atoms with Crippen LogP contribution in [-0.2, 0) is 0 Å². The summed E-state index contributed by atoms with van der Waals surface area (Å²) in [6.07, 6.45) is -0.685. The number of hydrogen-bond donors (Lipinski definition) is 1. The Labute approximate surface area is 77.8 Å². The number of pyridine rings is 1. The minimum atomic E-state index is -0.685. The highest BCUT2D eigenvalue weighted by atomic mass is 16.5. The Balaban J connectivity index is 2.88. The Morgan fingerprint density at radius 2 is 2.15 bits per heavy atom. The van der Waals surface area contributed by atoms with E-state index in [2.05, 4.69) is 4.98 Å². The second kappa shape index (κ2) is 4.20. The largest absolute Gasteiger partial charge is 0.481 e. The molecule has 0 spiro atoms. The van der Waals surface area contributed by atoms with E-state index in [0.29, 0.717) is 11.6 Å². The molecule has 0 aliphatic rings. The summed E-state index contributed by atoms with van der Waals surface area (Å²) in [5.41, 5.74) is 0.587. The van der Waals surface area contributed by atoms with Crippen LogP contribution in [-0.4, -0.2) is 36.2 Å². The Kier molecular flexibility index (Phi) is 3.22. The van der Waals surface area contributed by atoms with Crippen molar-refractivity contribution in [3.05, 3.63) is 23.9 Å². The van der Waals surface area contributed by atoms with Crippen molar-refractivity contribution in [1.29, 1.82) is 0 Å². The lowest BCUT2D eigenvalue weighted by molar-refractivity contribution is 0.0353. The van der Waals surface area contributed by atoms with Crippen molar-refractivity contribution in [2.75, 3.05) is 21.2 Å². The van der Waals surface area contributed by atoms with Crippen molar-refractivity contribution in [3.63, 3.8) is 0 Å². The van der Waals surface area contributed by atoms with Crippen molar-refractivity contribution >= 4 is 0 Å². The molecule has 0 amide bonds. The molecule has 0 aliphatic heterocycles. The Bertz CT molecular complexity index is 276. The summed E-state index contributed by atoms with van der Waals surface area (Å²) in [5, 5.41) is 9.63. The fourth-order valence-corrected chi connectivity index (χ4v) is 0.953.